The van der Waals surface area contributed by atoms with Crippen molar-refractivity contribution in [2.24, 2.45) is 5.92 Å². The van der Waals surface area contributed by atoms with Crippen LogP contribution < -0.4 is 5.32 Å². The van der Waals surface area contributed by atoms with Crippen molar-refractivity contribution in [2.45, 2.75) is 19.3 Å². The number of halogens is 1. The molecule has 0 spiro atoms. The van der Waals surface area contributed by atoms with Gasteiger partial charge < -0.3 is 5.32 Å². The number of hydrogen-bond acceptors (Lipinski definition) is 2. The van der Waals surface area contributed by atoms with Gasteiger partial charge in [0, 0.05) is 11.0 Å². The Morgan fingerprint density at radius 2 is 2.27 bits per heavy atom. The summed E-state index contributed by atoms with van der Waals surface area (Å²) in [5.41, 5.74) is 1.64. The van der Waals surface area contributed by atoms with Crippen LogP contribution in [0.3, 0.4) is 0 Å². The molecular weight excluding hydrogens is 252 g/mol. The molecule has 78 valence electrons. The fourth-order valence-electron chi connectivity index (χ4n) is 1.60. The minimum atomic E-state index is 0.702. The number of nitrogens with one attached hydrogen (secondary N) is 1. The first-order valence-corrected chi connectivity index (χ1v) is 6.03. The average Bonchev–Trinajstić information content (AvgIpc) is 3.02. The second-order valence-corrected chi connectivity index (χ2v) is 4.79. The predicted molar refractivity (Wildman–Crippen MR) is 64.7 cm³/mol. The van der Waals surface area contributed by atoms with Crippen molar-refractivity contribution in [2.75, 3.05) is 11.9 Å². The summed E-state index contributed by atoms with van der Waals surface area (Å²) in [6, 6.07) is 8.01. The first-order chi connectivity index (χ1) is 7.31. The molecule has 1 aliphatic carbocycles. The van der Waals surface area contributed by atoms with E-state index in [1.54, 1.807) is 0 Å². The van der Waals surface area contributed by atoms with Crippen molar-refractivity contribution >= 4 is 21.6 Å². The topological polar surface area (TPSA) is 35.8 Å². The van der Waals surface area contributed by atoms with Crippen molar-refractivity contribution < 1.29 is 0 Å². The molecule has 0 radical (unpaired) electrons. The van der Waals surface area contributed by atoms with Gasteiger partial charge in [-0.25, -0.2) is 0 Å². The van der Waals surface area contributed by atoms with Crippen molar-refractivity contribution in [1.82, 2.24) is 0 Å². The highest BCUT2D eigenvalue weighted by Crippen LogP contribution is 2.32. The zero-order valence-corrected chi connectivity index (χ0v) is 10.0. The highest BCUT2D eigenvalue weighted by molar-refractivity contribution is 9.10. The van der Waals surface area contributed by atoms with E-state index in [1.807, 2.05) is 18.2 Å². The lowest BCUT2D eigenvalue weighted by molar-refractivity contribution is 0.760. The quantitative estimate of drug-likeness (QED) is 0.903. The molecular formula is C12H13BrN2. The van der Waals surface area contributed by atoms with Gasteiger partial charge in [-0.05, 0) is 40.4 Å². The Bertz CT molecular complexity index is 391. The van der Waals surface area contributed by atoms with E-state index in [-0.39, 0.29) is 0 Å². The van der Waals surface area contributed by atoms with Gasteiger partial charge in [-0.2, -0.15) is 5.26 Å². The maximum Gasteiger partial charge on any atom is 0.103 e. The van der Waals surface area contributed by atoms with Gasteiger partial charge >= 0.3 is 0 Å². The third-order valence-electron chi connectivity index (χ3n) is 2.69. The molecule has 1 saturated carbocycles. The molecule has 0 saturated heterocycles. The molecule has 0 atom stereocenters. The Hall–Kier alpha value is -1.01. The summed E-state index contributed by atoms with van der Waals surface area (Å²) in [7, 11) is 0. The van der Waals surface area contributed by atoms with E-state index >= 15 is 0 Å². The molecule has 1 aromatic carbocycles. The first kappa shape index (κ1) is 10.5. The summed E-state index contributed by atoms with van der Waals surface area (Å²) in [5.74, 6) is 0.926. The van der Waals surface area contributed by atoms with Crippen LogP contribution in [0.15, 0.2) is 22.7 Å². The largest absolute Gasteiger partial charge is 0.384 e. The number of nitriles is 1. The van der Waals surface area contributed by atoms with E-state index in [0.717, 1.165) is 22.6 Å². The zero-order chi connectivity index (χ0) is 10.7. The molecule has 1 aromatic rings. The summed E-state index contributed by atoms with van der Waals surface area (Å²) in [5, 5.41) is 12.3. The lowest BCUT2D eigenvalue weighted by Crippen LogP contribution is -2.04. The van der Waals surface area contributed by atoms with Gasteiger partial charge in [0.1, 0.15) is 6.07 Å². The van der Waals surface area contributed by atoms with Gasteiger partial charge in [-0.15, -0.1) is 0 Å². The van der Waals surface area contributed by atoms with Crippen molar-refractivity contribution in [3.63, 3.8) is 0 Å². The molecule has 1 N–H and O–H groups in total. The lowest BCUT2D eigenvalue weighted by Gasteiger charge is -2.08. The van der Waals surface area contributed by atoms with E-state index in [4.69, 9.17) is 5.26 Å². The van der Waals surface area contributed by atoms with Crippen LogP contribution in [0.2, 0.25) is 0 Å². The van der Waals surface area contributed by atoms with Gasteiger partial charge in [0.2, 0.25) is 0 Å². The maximum absolute atomic E-state index is 9.00. The summed E-state index contributed by atoms with van der Waals surface area (Å²) in [6.45, 7) is 0.968. The number of benzene rings is 1. The number of rotatable bonds is 4. The van der Waals surface area contributed by atoms with E-state index < -0.39 is 0 Å². The van der Waals surface area contributed by atoms with Crippen LogP contribution in [-0.4, -0.2) is 6.54 Å². The third-order valence-corrected chi connectivity index (χ3v) is 3.35. The molecule has 0 amide bonds. The normalized spacial score (nSPS) is 14.7. The Labute approximate surface area is 98.4 Å². The third kappa shape index (κ3) is 2.73. The second kappa shape index (κ2) is 4.67. The van der Waals surface area contributed by atoms with Crippen molar-refractivity contribution in [3.05, 3.63) is 28.2 Å². The van der Waals surface area contributed by atoms with Crippen LogP contribution in [0.1, 0.15) is 24.8 Å². The molecule has 1 fully saturated rings. The minimum absolute atomic E-state index is 0.702. The highest BCUT2D eigenvalue weighted by Gasteiger charge is 2.20. The van der Waals surface area contributed by atoms with Crippen LogP contribution in [0, 0.1) is 17.2 Å². The molecule has 0 aromatic heterocycles. The van der Waals surface area contributed by atoms with Gasteiger partial charge in [0.15, 0.2) is 0 Å². The van der Waals surface area contributed by atoms with Gasteiger partial charge in [0.25, 0.3) is 0 Å². The summed E-state index contributed by atoms with van der Waals surface area (Å²) in [6.07, 6.45) is 3.98. The van der Waals surface area contributed by atoms with E-state index in [9.17, 15) is 0 Å². The monoisotopic (exact) mass is 264 g/mol. The number of anilines is 1. The molecule has 0 unspecified atom stereocenters. The van der Waals surface area contributed by atoms with Crippen LogP contribution in [0.5, 0.6) is 0 Å². The molecule has 2 nitrogen and oxygen atoms in total. The fourth-order valence-corrected chi connectivity index (χ4v) is 2.06. The van der Waals surface area contributed by atoms with E-state index in [0.29, 0.717) is 5.56 Å². The van der Waals surface area contributed by atoms with Gasteiger partial charge in [0.05, 0.1) is 11.3 Å². The van der Waals surface area contributed by atoms with Gasteiger partial charge in [-0.1, -0.05) is 18.9 Å². The Kier molecular flexibility index (Phi) is 3.27. The molecule has 0 aliphatic heterocycles. The lowest BCUT2D eigenvalue weighted by atomic mass is 10.2. The SMILES string of the molecule is N#Cc1c(Br)cccc1NCCC1CC1. The maximum atomic E-state index is 9.00. The Morgan fingerprint density at radius 1 is 1.47 bits per heavy atom. The Morgan fingerprint density at radius 3 is 2.93 bits per heavy atom. The average molecular weight is 265 g/mol. The second-order valence-electron chi connectivity index (χ2n) is 3.93. The summed E-state index contributed by atoms with van der Waals surface area (Å²) in [4.78, 5) is 0. The predicted octanol–water partition coefficient (Wildman–Crippen LogP) is 3.53. The molecule has 0 heterocycles. The molecule has 2 rings (SSSR count). The van der Waals surface area contributed by atoms with Crippen LogP contribution in [0.4, 0.5) is 5.69 Å². The molecule has 1 aliphatic rings. The smallest absolute Gasteiger partial charge is 0.103 e. The summed E-state index contributed by atoms with van der Waals surface area (Å²) >= 11 is 3.38. The zero-order valence-electron chi connectivity index (χ0n) is 8.46. The van der Waals surface area contributed by atoms with E-state index in [1.165, 1.54) is 19.3 Å². The van der Waals surface area contributed by atoms with Crippen LogP contribution >= 0.6 is 15.9 Å². The van der Waals surface area contributed by atoms with Crippen LogP contribution in [0.25, 0.3) is 0 Å². The number of nitrogens with zero attached hydrogens (tertiary/aromatic N) is 1. The first-order valence-electron chi connectivity index (χ1n) is 5.23. The molecule has 0 bridgehead atoms. The van der Waals surface area contributed by atoms with Gasteiger partial charge in [-0.3, -0.25) is 0 Å². The summed E-state index contributed by atoms with van der Waals surface area (Å²) < 4.78 is 0.862. The Balaban J connectivity index is 1.99. The van der Waals surface area contributed by atoms with E-state index in [2.05, 4.69) is 27.3 Å². The van der Waals surface area contributed by atoms with Crippen LogP contribution in [-0.2, 0) is 0 Å². The highest BCUT2D eigenvalue weighted by atomic mass is 79.9. The number of hydrogen-bond donors (Lipinski definition) is 1. The fraction of sp³-hybridized carbons (Fsp3) is 0.417. The molecule has 15 heavy (non-hydrogen) atoms. The minimum Gasteiger partial charge on any atom is -0.384 e. The van der Waals surface area contributed by atoms with Crippen molar-refractivity contribution in [1.29, 1.82) is 5.26 Å². The van der Waals surface area contributed by atoms with Crippen molar-refractivity contribution in [3.8, 4) is 6.07 Å². The standard InChI is InChI=1S/C12H13BrN2/c13-11-2-1-3-12(10(11)8-14)15-7-6-9-4-5-9/h1-3,9,15H,4-7H2. The molecule has 3 heteroatoms.